The van der Waals surface area contributed by atoms with E-state index in [1.807, 2.05) is 26.8 Å². The van der Waals surface area contributed by atoms with Crippen LogP contribution in [0.2, 0.25) is 0 Å². The van der Waals surface area contributed by atoms with Gasteiger partial charge in [-0.15, -0.1) is 0 Å². The van der Waals surface area contributed by atoms with Gasteiger partial charge in [0.15, 0.2) is 11.8 Å². The summed E-state index contributed by atoms with van der Waals surface area (Å²) in [6, 6.07) is 6.97. The molecule has 0 spiro atoms. The van der Waals surface area contributed by atoms with Gasteiger partial charge in [-0.2, -0.15) is 4.98 Å². The van der Waals surface area contributed by atoms with Crippen LogP contribution < -0.4 is 15.5 Å². The van der Waals surface area contributed by atoms with Crippen molar-refractivity contribution in [3.05, 3.63) is 41.8 Å². The standard InChI is InChI=1S/C20H29FN6O/c1-20(2,3)18-25-17(26-28-18)12-23-19(22-4)24-15-8-6-10-27(13-15)16-9-5-7-14(21)11-16/h5,7,9,11,15H,6,8,10,12-13H2,1-4H3,(H2,22,23,24). The topological polar surface area (TPSA) is 78.6 Å². The van der Waals surface area contributed by atoms with E-state index in [1.54, 1.807) is 19.2 Å². The van der Waals surface area contributed by atoms with Crippen LogP contribution in [-0.4, -0.2) is 42.3 Å². The third kappa shape index (κ3) is 5.21. The Balaban J connectivity index is 1.55. The minimum atomic E-state index is -0.209. The van der Waals surface area contributed by atoms with Gasteiger partial charge < -0.3 is 20.1 Å². The first-order chi connectivity index (χ1) is 13.3. The molecule has 1 unspecified atom stereocenters. The summed E-state index contributed by atoms with van der Waals surface area (Å²) in [7, 11) is 1.74. The molecule has 0 amide bonds. The van der Waals surface area contributed by atoms with E-state index < -0.39 is 0 Å². The van der Waals surface area contributed by atoms with Gasteiger partial charge in [0.25, 0.3) is 0 Å². The van der Waals surface area contributed by atoms with Gasteiger partial charge in [0.2, 0.25) is 5.89 Å². The van der Waals surface area contributed by atoms with Gasteiger partial charge in [-0.3, -0.25) is 4.99 Å². The van der Waals surface area contributed by atoms with E-state index in [2.05, 4.69) is 30.7 Å². The summed E-state index contributed by atoms with van der Waals surface area (Å²) in [5.74, 6) is 1.69. The molecule has 2 heterocycles. The number of hydrogen-bond acceptors (Lipinski definition) is 5. The number of halogens is 1. The zero-order chi connectivity index (χ0) is 20.1. The molecule has 0 aliphatic carbocycles. The van der Waals surface area contributed by atoms with Crippen LogP contribution in [-0.2, 0) is 12.0 Å². The Hall–Kier alpha value is -2.64. The summed E-state index contributed by atoms with van der Waals surface area (Å²) in [6.45, 7) is 8.25. The number of nitrogens with zero attached hydrogens (tertiary/aromatic N) is 4. The highest BCUT2D eigenvalue weighted by molar-refractivity contribution is 5.80. The number of rotatable bonds is 4. The Labute approximate surface area is 165 Å². The van der Waals surface area contributed by atoms with E-state index in [4.69, 9.17) is 4.52 Å². The van der Waals surface area contributed by atoms with E-state index in [0.29, 0.717) is 24.2 Å². The predicted molar refractivity (Wildman–Crippen MR) is 108 cm³/mol. The number of benzene rings is 1. The van der Waals surface area contributed by atoms with E-state index >= 15 is 0 Å². The number of piperidine rings is 1. The van der Waals surface area contributed by atoms with E-state index in [-0.39, 0.29) is 17.3 Å². The first kappa shape index (κ1) is 20.1. The lowest BCUT2D eigenvalue weighted by molar-refractivity contribution is 0.318. The van der Waals surface area contributed by atoms with Gasteiger partial charge in [-0.25, -0.2) is 4.39 Å². The third-order valence-corrected chi connectivity index (χ3v) is 4.68. The zero-order valence-electron chi connectivity index (χ0n) is 17.0. The van der Waals surface area contributed by atoms with Gasteiger partial charge >= 0.3 is 0 Å². The quantitative estimate of drug-likeness (QED) is 0.619. The van der Waals surface area contributed by atoms with Crippen molar-refractivity contribution in [2.45, 2.75) is 51.6 Å². The fourth-order valence-electron chi connectivity index (χ4n) is 3.18. The van der Waals surface area contributed by atoms with Crippen molar-refractivity contribution in [3.63, 3.8) is 0 Å². The Bertz CT molecular complexity index is 813. The van der Waals surface area contributed by atoms with Crippen molar-refractivity contribution < 1.29 is 8.91 Å². The number of nitrogens with one attached hydrogen (secondary N) is 2. The van der Waals surface area contributed by atoms with E-state index in [1.165, 1.54) is 6.07 Å². The highest BCUT2D eigenvalue weighted by Gasteiger charge is 2.23. The molecule has 0 bridgehead atoms. The van der Waals surface area contributed by atoms with Crippen LogP contribution in [0.5, 0.6) is 0 Å². The predicted octanol–water partition coefficient (Wildman–Crippen LogP) is 2.84. The van der Waals surface area contributed by atoms with Crippen LogP contribution >= 0.6 is 0 Å². The highest BCUT2D eigenvalue weighted by Crippen LogP contribution is 2.21. The van der Waals surface area contributed by atoms with Crippen LogP contribution in [0.3, 0.4) is 0 Å². The molecule has 152 valence electrons. The third-order valence-electron chi connectivity index (χ3n) is 4.68. The maximum Gasteiger partial charge on any atom is 0.232 e. The van der Waals surface area contributed by atoms with Crippen molar-refractivity contribution in [3.8, 4) is 0 Å². The van der Waals surface area contributed by atoms with Gasteiger partial charge in [-0.05, 0) is 31.0 Å². The Morgan fingerprint density at radius 3 is 2.89 bits per heavy atom. The monoisotopic (exact) mass is 388 g/mol. The minimum absolute atomic E-state index is 0.173. The number of guanidine groups is 1. The molecule has 1 fully saturated rings. The Morgan fingerprint density at radius 1 is 1.39 bits per heavy atom. The number of aromatic nitrogens is 2. The average molecular weight is 388 g/mol. The molecule has 1 aromatic heterocycles. The van der Waals surface area contributed by atoms with Gasteiger partial charge in [-0.1, -0.05) is 32.0 Å². The summed E-state index contributed by atoms with van der Waals surface area (Å²) in [5, 5.41) is 10.7. The number of hydrogen-bond donors (Lipinski definition) is 2. The SMILES string of the molecule is CN=C(NCc1noc(C(C)(C)C)n1)NC1CCCN(c2cccc(F)c2)C1. The molecule has 1 aliphatic heterocycles. The van der Waals surface area contributed by atoms with Crippen molar-refractivity contribution in [1.82, 2.24) is 20.8 Å². The van der Waals surface area contributed by atoms with Crippen molar-refractivity contribution in [2.24, 2.45) is 4.99 Å². The summed E-state index contributed by atoms with van der Waals surface area (Å²) >= 11 is 0. The first-order valence-corrected chi connectivity index (χ1v) is 9.66. The molecule has 2 aromatic rings. The lowest BCUT2D eigenvalue weighted by Crippen LogP contribution is -2.51. The fourth-order valence-corrected chi connectivity index (χ4v) is 3.18. The van der Waals surface area contributed by atoms with E-state index in [0.717, 1.165) is 31.6 Å². The molecule has 0 radical (unpaired) electrons. The lowest BCUT2D eigenvalue weighted by atomic mass is 9.97. The molecule has 3 rings (SSSR count). The second kappa shape index (κ2) is 8.58. The van der Waals surface area contributed by atoms with Crippen LogP contribution in [0.15, 0.2) is 33.8 Å². The molecule has 0 saturated carbocycles. The maximum atomic E-state index is 13.5. The summed E-state index contributed by atoms with van der Waals surface area (Å²) < 4.78 is 18.8. The molecular formula is C20H29FN6O. The largest absolute Gasteiger partial charge is 0.369 e. The highest BCUT2D eigenvalue weighted by atomic mass is 19.1. The lowest BCUT2D eigenvalue weighted by Gasteiger charge is -2.35. The zero-order valence-corrected chi connectivity index (χ0v) is 17.0. The van der Waals surface area contributed by atoms with Crippen LogP contribution in [0, 0.1) is 5.82 Å². The number of aliphatic imine (C=N–C) groups is 1. The van der Waals surface area contributed by atoms with Crippen LogP contribution in [0.4, 0.5) is 10.1 Å². The smallest absolute Gasteiger partial charge is 0.232 e. The maximum absolute atomic E-state index is 13.5. The molecule has 2 N–H and O–H groups in total. The molecule has 1 saturated heterocycles. The van der Waals surface area contributed by atoms with Crippen molar-refractivity contribution >= 4 is 11.6 Å². The normalized spacial score (nSPS) is 18.2. The second-order valence-corrected chi connectivity index (χ2v) is 8.10. The molecule has 7 nitrogen and oxygen atoms in total. The molecule has 1 atom stereocenters. The molecule has 8 heteroatoms. The second-order valence-electron chi connectivity index (χ2n) is 8.10. The van der Waals surface area contributed by atoms with E-state index in [9.17, 15) is 4.39 Å². The molecular weight excluding hydrogens is 359 g/mol. The average Bonchev–Trinajstić information content (AvgIpc) is 3.15. The molecule has 1 aliphatic rings. The Kier molecular flexibility index (Phi) is 6.16. The van der Waals surface area contributed by atoms with Gasteiger partial charge in [0, 0.05) is 37.3 Å². The van der Waals surface area contributed by atoms with Crippen LogP contribution in [0.25, 0.3) is 0 Å². The minimum Gasteiger partial charge on any atom is -0.369 e. The van der Waals surface area contributed by atoms with Gasteiger partial charge in [0.1, 0.15) is 5.82 Å². The van der Waals surface area contributed by atoms with Crippen molar-refractivity contribution in [1.29, 1.82) is 0 Å². The summed E-state index contributed by atoms with van der Waals surface area (Å²) in [5.41, 5.74) is 0.740. The number of anilines is 1. The summed E-state index contributed by atoms with van der Waals surface area (Å²) in [6.07, 6.45) is 2.06. The first-order valence-electron chi connectivity index (χ1n) is 9.66. The van der Waals surface area contributed by atoms with Crippen molar-refractivity contribution in [2.75, 3.05) is 25.0 Å². The van der Waals surface area contributed by atoms with Crippen LogP contribution in [0.1, 0.15) is 45.3 Å². The van der Waals surface area contributed by atoms with Gasteiger partial charge in [0.05, 0.1) is 6.54 Å². The molecule has 28 heavy (non-hydrogen) atoms. The summed E-state index contributed by atoms with van der Waals surface area (Å²) in [4.78, 5) is 10.9. The molecule has 1 aromatic carbocycles. The fraction of sp³-hybridized carbons (Fsp3) is 0.550. The Morgan fingerprint density at radius 2 is 2.21 bits per heavy atom.